The highest BCUT2D eigenvalue weighted by Crippen LogP contribution is 2.29. The molecule has 0 aliphatic heterocycles. The van der Waals surface area contributed by atoms with E-state index in [9.17, 15) is 10.1 Å². The minimum absolute atomic E-state index is 0.0800. The zero-order valence-electron chi connectivity index (χ0n) is 9.52. The van der Waals surface area contributed by atoms with Crippen molar-refractivity contribution in [3.63, 3.8) is 0 Å². The number of benzene rings is 1. The van der Waals surface area contributed by atoms with E-state index in [-0.39, 0.29) is 5.69 Å². The van der Waals surface area contributed by atoms with Gasteiger partial charge in [-0.15, -0.1) is 0 Å². The van der Waals surface area contributed by atoms with Gasteiger partial charge in [0.25, 0.3) is 5.69 Å². The Morgan fingerprint density at radius 3 is 2.59 bits per heavy atom. The molecule has 1 aromatic heterocycles. The van der Waals surface area contributed by atoms with Crippen LogP contribution in [0.1, 0.15) is 11.1 Å². The maximum absolute atomic E-state index is 10.6. The van der Waals surface area contributed by atoms with Gasteiger partial charge in [0.1, 0.15) is 5.82 Å². The number of rotatable bonds is 2. The topological polar surface area (TPSA) is 97.8 Å². The number of non-ortho nitro benzene ring substituents is 1. The quantitative estimate of drug-likeness (QED) is 0.612. The average molecular weight is 232 g/mol. The number of hydrogen-bond donors (Lipinski definition) is 2. The highest BCUT2D eigenvalue weighted by molar-refractivity contribution is 5.71. The van der Waals surface area contributed by atoms with Gasteiger partial charge in [-0.25, -0.2) is 0 Å². The minimum atomic E-state index is -0.412. The first-order valence-electron chi connectivity index (χ1n) is 5.06. The lowest BCUT2D eigenvalue weighted by atomic mass is 10.0. The van der Waals surface area contributed by atoms with E-state index in [4.69, 9.17) is 5.73 Å². The zero-order valence-corrected chi connectivity index (χ0v) is 9.52. The van der Waals surface area contributed by atoms with E-state index in [1.165, 1.54) is 12.1 Å². The number of nitrogens with zero attached hydrogens (tertiary/aromatic N) is 2. The van der Waals surface area contributed by atoms with Gasteiger partial charge in [-0.1, -0.05) is 0 Å². The van der Waals surface area contributed by atoms with Gasteiger partial charge in [0.2, 0.25) is 0 Å². The Morgan fingerprint density at radius 1 is 1.41 bits per heavy atom. The van der Waals surface area contributed by atoms with Crippen molar-refractivity contribution in [3.8, 4) is 11.3 Å². The summed E-state index contributed by atoms with van der Waals surface area (Å²) in [5.41, 5.74) is 9.07. The first kappa shape index (κ1) is 11.1. The molecule has 6 nitrogen and oxygen atoms in total. The van der Waals surface area contributed by atoms with Crippen LogP contribution in [0.5, 0.6) is 0 Å². The highest BCUT2D eigenvalue weighted by atomic mass is 16.6. The Labute approximate surface area is 97.6 Å². The molecule has 1 aromatic carbocycles. The van der Waals surface area contributed by atoms with Gasteiger partial charge in [0, 0.05) is 23.3 Å². The summed E-state index contributed by atoms with van der Waals surface area (Å²) in [7, 11) is 0. The molecule has 0 amide bonds. The number of H-pyrrole nitrogens is 1. The molecule has 0 bridgehead atoms. The van der Waals surface area contributed by atoms with Gasteiger partial charge in [-0.3, -0.25) is 15.2 Å². The van der Waals surface area contributed by atoms with Crippen LogP contribution in [0.25, 0.3) is 11.3 Å². The number of aryl methyl sites for hydroxylation is 1. The molecule has 2 aromatic rings. The third kappa shape index (κ3) is 1.84. The predicted molar refractivity (Wildman–Crippen MR) is 64.6 cm³/mol. The summed E-state index contributed by atoms with van der Waals surface area (Å²) >= 11 is 0. The van der Waals surface area contributed by atoms with Crippen LogP contribution < -0.4 is 5.73 Å². The second-order valence-corrected chi connectivity index (χ2v) is 3.87. The second-order valence-electron chi connectivity index (χ2n) is 3.87. The number of nitrogens with two attached hydrogens (primary N) is 1. The summed E-state index contributed by atoms with van der Waals surface area (Å²) in [6.45, 7) is 3.67. The normalized spacial score (nSPS) is 10.5. The molecular weight excluding hydrogens is 220 g/mol. The lowest BCUT2D eigenvalue weighted by Crippen LogP contribution is -1.92. The van der Waals surface area contributed by atoms with E-state index in [1.54, 1.807) is 6.07 Å². The first-order chi connectivity index (χ1) is 8.00. The highest BCUT2D eigenvalue weighted by Gasteiger charge is 2.13. The lowest BCUT2D eigenvalue weighted by molar-refractivity contribution is -0.384. The van der Waals surface area contributed by atoms with E-state index in [0.717, 1.165) is 22.4 Å². The molecule has 2 rings (SSSR count). The van der Waals surface area contributed by atoms with Crippen LogP contribution in [0, 0.1) is 24.0 Å². The largest absolute Gasteiger partial charge is 0.382 e. The van der Waals surface area contributed by atoms with Crippen LogP contribution in [0.3, 0.4) is 0 Å². The van der Waals surface area contributed by atoms with Gasteiger partial charge in [0.05, 0.1) is 10.6 Å². The lowest BCUT2D eigenvalue weighted by Gasteiger charge is -2.04. The third-order valence-electron chi connectivity index (χ3n) is 2.74. The van der Waals surface area contributed by atoms with Crippen LogP contribution >= 0.6 is 0 Å². The molecule has 0 aliphatic carbocycles. The van der Waals surface area contributed by atoms with E-state index < -0.39 is 4.92 Å². The number of nitro benzene ring substituents is 1. The van der Waals surface area contributed by atoms with Crippen molar-refractivity contribution in [1.29, 1.82) is 0 Å². The molecule has 0 saturated heterocycles. The van der Waals surface area contributed by atoms with E-state index in [2.05, 4.69) is 10.2 Å². The SMILES string of the molecule is Cc1cc([N+](=O)[O-])ccc1-c1[nH]nc(N)c1C. The Kier molecular flexibility index (Phi) is 2.55. The van der Waals surface area contributed by atoms with E-state index >= 15 is 0 Å². The fraction of sp³-hybridized carbons (Fsp3) is 0.182. The molecule has 3 N–H and O–H groups in total. The molecule has 0 fully saturated rings. The number of aromatic nitrogens is 2. The molecule has 6 heteroatoms. The summed E-state index contributed by atoms with van der Waals surface area (Å²) in [4.78, 5) is 10.2. The molecule has 88 valence electrons. The number of anilines is 1. The monoisotopic (exact) mass is 232 g/mol. The van der Waals surface area contributed by atoms with Crippen molar-refractivity contribution in [2.24, 2.45) is 0 Å². The minimum Gasteiger partial charge on any atom is -0.382 e. The summed E-state index contributed by atoms with van der Waals surface area (Å²) in [6.07, 6.45) is 0. The van der Waals surface area contributed by atoms with Gasteiger partial charge in [0.15, 0.2) is 0 Å². The van der Waals surface area contributed by atoms with Crippen LogP contribution in [0.2, 0.25) is 0 Å². The summed E-state index contributed by atoms with van der Waals surface area (Å²) in [5, 5.41) is 17.4. The van der Waals surface area contributed by atoms with Crippen molar-refractivity contribution >= 4 is 11.5 Å². The van der Waals surface area contributed by atoms with Crippen molar-refractivity contribution in [2.45, 2.75) is 13.8 Å². The van der Waals surface area contributed by atoms with Crippen molar-refractivity contribution < 1.29 is 4.92 Å². The summed E-state index contributed by atoms with van der Waals surface area (Å²) in [5.74, 6) is 0.442. The molecule has 1 heterocycles. The summed E-state index contributed by atoms with van der Waals surface area (Å²) < 4.78 is 0. The Bertz CT molecular complexity index is 589. The van der Waals surface area contributed by atoms with Crippen LogP contribution in [0.15, 0.2) is 18.2 Å². The summed E-state index contributed by atoms with van der Waals surface area (Å²) in [6, 6.07) is 4.71. The smallest absolute Gasteiger partial charge is 0.269 e. The number of nitrogen functional groups attached to an aromatic ring is 1. The molecule has 0 spiro atoms. The first-order valence-corrected chi connectivity index (χ1v) is 5.06. The fourth-order valence-corrected chi connectivity index (χ4v) is 1.72. The van der Waals surface area contributed by atoms with Crippen molar-refractivity contribution in [2.75, 3.05) is 5.73 Å². The average Bonchev–Trinajstić information content (AvgIpc) is 2.60. The standard InChI is InChI=1S/C11H12N4O2/c1-6-5-8(15(16)17)3-4-9(6)10-7(2)11(12)14-13-10/h3-5H,1-2H3,(H3,12,13,14). The maximum Gasteiger partial charge on any atom is 0.269 e. The number of hydrogen-bond acceptors (Lipinski definition) is 4. The second kappa shape index (κ2) is 3.89. The van der Waals surface area contributed by atoms with E-state index in [0.29, 0.717) is 5.82 Å². The van der Waals surface area contributed by atoms with Crippen molar-refractivity contribution in [3.05, 3.63) is 39.4 Å². The molecule has 0 aliphatic rings. The van der Waals surface area contributed by atoms with Gasteiger partial charge >= 0.3 is 0 Å². The number of nitro groups is 1. The number of aromatic amines is 1. The Hall–Kier alpha value is -2.37. The predicted octanol–water partition coefficient (Wildman–Crippen LogP) is 2.18. The molecule has 0 saturated carbocycles. The van der Waals surface area contributed by atoms with Crippen molar-refractivity contribution in [1.82, 2.24) is 10.2 Å². The molecule has 0 unspecified atom stereocenters. The molecular formula is C11H12N4O2. The zero-order chi connectivity index (χ0) is 12.6. The van der Waals surface area contributed by atoms with Crippen LogP contribution in [-0.2, 0) is 0 Å². The Morgan fingerprint density at radius 2 is 2.12 bits per heavy atom. The fourth-order valence-electron chi connectivity index (χ4n) is 1.72. The number of nitrogens with one attached hydrogen (secondary N) is 1. The Balaban J connectivity index is 2.54. The van der Waals surface area contributed by atoms with Crippen LogP contribution in [-0.4, -0.2) is 15.1 Å². The molecule has 0 atom stereocenters. The molecule has 17 heavy (non-hydrogen) atoms. The van der Waals surface area contributed by atoms with Gasteiger partial charge in [-0.2, -0.15) is 5.10 Å². The molecule has 0 radical (unpaired) electrons. The maximum atomic E-state index is 10.6. The van der Waals surface area contributed by atoms with Crippen LogP contribution in [0.4, 0.5) is 11.5 Å². The third-order valence-corrected chi connectivity index (χ3v) is 2.74. The van der Waals surface area contributed by atoms with E-state index in [1.807, 2.05) is 13.8 Å². The van der Waals surface area contributed by atoms with Gasteiger partial charge < -0.3 is 5.73 Å². The van der Waals surface area contributed by atoms with Gasteiger partial charge in [-0.05, 0) is 25.5 Å².